The SMILES string of the molecule is CC12CCCN1N(Cc1ccc(OCC(=O)O)c(F)c1F)C(=O)C(C(=O)Nc1ccc(C(F)(F)F)cc1-c1ccc(C(F)(F)F)nc1)=C2O. The Morgan fingerprint density at radius 1 is 1.02 bits per heavy atom. The largest absolute Gasteiger partial charge is 0.509 e. The molecule has 3 heterocycles. The van der Waals surface area contributed by atoms with Gasteiger partial charge in [0.05, 0.1) is 17.6 Å². The number of hydrogen-bond donors (Lipinski definition) is 3. The Morgan fingerprint density at radius 3 is 2.35 bits per heavy atom. The molecule has 0 bridgehead atoms. The number of alkyl halides is 6. The van der Waals surface area contributed by atoms with Gasteiger partial charge in [0.25, 0.3) is 11.8 Å². The first-order chi connectivity index (χ1) is 22.8. The fourth-order valence-electron chi connectivity index (χ4n) is 5.63. The molecule has 49 heavy (non-hydrogen) atoms. The average Bonchev–Trinajstić information content (AvgIpc) is 3.43. The smallest absolute Gasteiger partial charge is 0.433 e. The van der Waals surface area contributed by atoms with Crippen LogP contribution in [0.3, 0.4) is 0 Å². The van der Waals surface area contributed by atoms with Gasteiger partial charge in [-0.05, 0) is 50.1 Å². The molecule has 260 valence electrons. The zero-order chi connectivity index (χ0) is 36.1. The monoisotopic (exact) mass is 700 g/mol. The molecule has 0 aliphatic carbocycles. The maximum Gasteiger partial charge on any atom is 0.433 e. The molecule has 2 aromatic carbocycles. The van der Waals surface area contributed by atoms with Gasteiger partial charge in [0.15, 0.2) is 18.2 Å². The number of nitrogens with one attached hydrogen (secondary N) is 1. The molecule has 0 saturated carbocycles. The van der Waals surface area contributed by atoms with Gasteiger partial charge >= 0.3 is 18.3 Å². The molecule has 1 aromatic heterocycles. The van der Waals surface area contributed by atoms with Gasteiger partial charge in [-0.1, -0.05) is 12.1 Å². The Labute approximate surface area is 271 Å². The maximum atomic E-state index is 15.1. The summed E-state index contributed by atoms with van der Waals surface area (Å²) in [6.07, 6.45) is -8.53. The van der Waals surface area contributed by atoms with Gasteiger partial charge in [-0.3, -0.25) is 19.6 Å². The van der Waals surface area contributed by atoms with Crippen LogP contribution in [0, 0.1) is 11.6 Å². The van der Waals surface area contributed by atoms with E-state index in [0.29, 0.717) is 30.8 Å². The topological polar surface area (TPSA) is 132 Å². The van der Waals surface area contributed by atoms with Crippen LogP contribution in [0.4, 0.5) is 40.8 Å². The number of pyridine rings is 1. The number of benzene rings is 2. The normalized spacial score (nSPS) is 18.5. The minimum Gasteiger partial charge on any atom is -0.509 e. The number of anilines is 1. The second-order valence-electron chi connectivity index (χ2n) is 11.3. The highest BCUT2D eigenvalue weighted by Gasteiger charge is 2.53. The number of aliphatic carboxylic acids is 1. The number of aliphatic hydroxyl groups excluding tert-OH is 1. The third kappa shape index (κ3) is 6.72. The number of halogens is 8. The van der Waals surface area contributed by atoms with Gasteiger partial charge in [-0.25, -0.2) is 14.2 Å². The number of fused-ring (bicyclic) bond motifs is 1. The number of carboxylic acid groups (broad SMARTS) is 1. The molecule has 3 aromatic rings. The average molecular weight is 701 g/mol. The minimum absolute atomic E-state index is 0.134. The van der Waals surface area contributed by atoms with Crippen molar-refractivity contribution in [2.45, 2.75) is 44.2 Å². The minimum atomic E-state index is -4.90. The number of carbonyl (C=O) groups excluding carboxylic acids is 2. The van der Waals surface area contributed by atoms with Gasteiger partial charge in [0.1, 0.15) is 17.0 Å². The molecule has 3 N–H and O–H groups in total. The fourth-order valence-corrected chi connectivity index (χ4v) is 5.63. The molecule has 18 heteroatoms. The van der Waals surface area contributed by atoms with E-state index in [9.17, 15) is 50.2 Å². The fraction of sp³-hybridized carbons (Fsp3) is 0.290. The highest BCUT2D eigenvalue weighted by Crippen LogP contribution is 2.43. The van der Waals surface area contributed by atoms with Crippen LogP contribution in [0.5, 0.6) is 5.75 Å². The quantitative estimate of drug-likeness (QED) is 0.190. The Hall–Kier alpha value is -5.26. The van der Waals surface area contributed by atoms with Crippen LogP contribution in [0.2, 0.25) is 0 Å². The van der Waals surface area contributed by atoms with E-state index >= 15 is 4.39 Å². The highest BCUT2D eigenvalue weighted by molar-refractivity contribution is 6.24. The molecule has 1 unspecified atom stereocenters. The summed E-state index contributed by atoms with van der Waals surface area (Å²) in [5, 5.41) is 24.5. The molecular formula is C31H24F8N4O6. The first-order valence-corrected chi connectivity index (χ1v) is 14.2. The van der Waals surface area contributed by atoms with Crippen molar-refractivity contribution in [3.63, 3.8) is 0 Å². The van der Waals surface area contributed by atoms with Crippen LogP contribution in [-0.2, 0) is 33.3 Å². The Morgan fingerprint density at radius 2 is 1.73 bits per heavy atom. The zero-order valence-electron chi connectivity index (χ0n) is 25.0. The van der Waals surface area contributed by atoms with Crippen molar-refractivity contribution in [1.82, 2.24) is 15.0 Å². The number of nitrogens with zero attached hydrogens (tertiary/aromatic N) is 3. The van der Waals surface area contributed by atoms with Gasteiger partial charge in [-0.15, -0.1) is 0 Å². The first kappa shape index (κ1) is 35.1. The van der Waals surface area contributed by atoms with Gasteiger partial charge in [0, 0.05) is 35.1 Å². The third-order valence-corrected chi connectivity index (χ3v) is 8.08. The van der Waals surface area contributed by atoms with Crippen molar-refractivity contribution in [3.8, 4) is 16.9 Å². The molecular weight excluding hydrogens is 676 g/mol. The van der Waals surface area contributed by atoms with E-state index in [0.717, 1.165) is 29.3 Å². The van der Waals surface area contributed by atoms with Crippen LogP contribution < -0.4 is 10.1 Å². The van der Waals surface area contributed by atoms with Crippen LogP contribution in [-0.4, -0.2) is 61.7 Å². The first-order valence-electron chi connectivity index (χ1n) is 14.2. The Balaban J connectivity index is 1.51. The number of amides is 2. The molecule has 2 aliphatic rings. The number of hydrazine groups is 1. The zero-order valence-corrected chi connectivity index (χ0v) is 25.0. The van der Waals surface area contributed by atoms with Gasteiger partial charge in [0.2, 0.25) is 5.82 Å². The summed E-state index contributed by atoms with van der Waals surface area (Å²) in [5.41, 5.74) is -6.31. The molecule has 2 aliphatic heterocycles. The Bertz CT molecular complexity index is 1860. The molecule has 0 spiro atoms. The van der Waals surface area contributed by atoms with Gasteiger partial charge in [-0.2, -0.15) is 30.7 Å². The second-order valence-corrected chi connectivity index (χ2v) is 11.3. The predicted octanol–water partition coefficient (Wildman–Crippen LogP) is 6.09. The van der Waals surface area contributed by atoms with Crippen molar-refractivity contribution >= 4 is 23.5 Å². The van der Waals surface area contributed by atoms with Gasteiger partial charge < -0.3 is 20.3 Å². The lowest BCUT2D eigenvalue weighted by atomic mass is 9.90. The van der Waals surface area contributed by atoms with E-state index in [1.807, 2.05) is 0 Å². The van der Waals surface area contributed by atoms with Crippen molar-refractivity contribution in [1.29, 1.82) is 0 Å². The van der Waals surface area contributed by atoms with E-state index in [4.69, 9.17) is 9.84 Å². The Kier molecular flexibility index (Phi) is 9.05. The lowest BCUT2D eigenvalue weighted by Gasteiger charge is -2.46. The lowest BCUT2D eigenvalue weighted by molar-refractivity contribution is -0.160. The number of hydrogen-bond acceptors (Lipinski definition) is 7. The van der Waals surface area contributed by atoms with E-state index in [1.54, 1.807) is 0 Å². The molecule has 0 radical (unpaired) electrons. The number of carbonyl (C=O) groups is 3. The number of aromatic nitrogens is 1. The van der Waals surface area contributed by atoms with E-state index < -0.39 is 99.9 Å². The molecule has 2 amide bonds. The number of carboxylic acids is 1. The summed E-state index contributed by atoms with van der Waals surface area (Å²) < 4.78 is 115. The predicted molar refractivity (Wildman–Crippen MR) is 152 cm³/mol. The summed E-state index contributed by atoms with van der Waals surface area (Å²) in [7, 11) is 0. The second kappa shape index (κ2) is 12.6. The molecule has 10 nitrogen and oxygen atoms in total. The van der Waals surface area contributed by atoms with Crippen LogP contribution in [0.25, 0.3) is 11.1 Å². The standard InChI is InChI=1S/C31H24F8N4O6/c1-29-9-2-10-43(29)42(13-16-3-7-20(25(33)24(16)32)49-14-22(44)45)28(48)23(26(29)46)27(47)41-19-6-5-17(30(34,35)36)11-18(19)15-4-8-21(40-12-15)31(37,38)39/h3-8,11-12,46H,2,9-10,13-14H2,1H3,(H,41,47)(H,44,45). The number of rotatable bonds is 8. The number of aliphatic hydroxyl groups is 1. The van der Waals surface area contributed by atoms with Crippen molar-refractivity contribution in [2.75, 3.05) is 18.5 Å². The van der Waals surface area contributed by atoms with Crippen molar-refractivity contribution < 1.29 is 64.5 Å². The molecule has 1 fully saturated rings. The van der Waals surface area contributed by atoms with E-state index in [1.165, 1.54) is 11.9 Å². The molecule has 5 rings (SSSR count). The van der Waals surface area contributed by atoms with Crippen LogP contribution in [0.15, 0.2) is 60.0 Å². The lowest BCUT2D eigenvalue weighted by Crippen LogP contribution is -2.60. The maximum absolute atomic E-state index is 15.1. The summed E-state index contributed by atoms with van der Waals surface area (Å²) in [4.78, 5) is 41.5. The van der Waals surface area contributed by atoms with Crippen molar-refractivity contribution in [3.05, 3.63) is 88.4 Å². The molecule has 1 atom stereocenters. The highest BCUT2D eigenvalue weighted by atomic mass is 19.4. The van der Waals surface area contributed by atoms with Crippen LogP contribution in [0.1, 0.15) is 36.6 Å². The van der Waals surface area contributed by atoms with Crippen LogP contribution >= 0.6 is 0 Å². The molecule has 1 saturated heterocycles. The van der Waals surface area contributed by atoms with E-state index in [-0.39, 0.29) is 24.2 Å². The number of ether oxygens (including phenoxy) is 1. The summed E-state index contributed by atoms with van der Waals surface area (Å²) in [5.74, 6) is -8.41. The summed E-state index contributed by atoms with van der Waals surface area (Å²) in [6, 6.07) is 5.30. The van der Waals surface area contributed by atoms with Crippen molar-refractivity contribution in [2.24, 2.45) is 0 Å². The summed E-state index contributed by atoms with van der Waals surface area (Å²) >= 11 is 0. The van der Waals surface area contributed by atoms with E-state index in [2.05, 4.69) is 10.3 Å². The third-order valence-electron chi connectivity index (χ3n) is 8.08. The summed E-state index contributed by atoms with van der Waals surface area (Å²) in [6.45, 7) is -0.0391.